The van der Waals surface area contributed by atoms with Crippen molar-refractivity contribution >= 4 is 5.69 Å². The summed E-state index contributed by atoms with van der Waals surface area (Å²) in [5, 5.41) is 10.1. The summed E-state index contributed by atoms with van der Waals surface area (Å²) < 4.78 is 0. The summed E-state index contributed by atoms with van der Waals surface area (Å²) in [7, 11) is 0. The fraction of sp³-hybridized carbons (Fsp3) is 0.111. The first kappa shape index (κ1) is 13.9. The van der Waals surface area contributed by atoms with Crippen LogP contribution < -0.4 is 5.73 Å². The zero-order chi connectivity index (χ0) is 14.5. The molecule has 0 heterocycles. The molecule has 0 radical (unpaired) electrons. The van der Waals surface area contributed by atoms with Gasteiger partial charge >= 0.3 is 0 Å². The van der Waals surface area contributed by atoms with Crippen molar-refractivity contribution in [2.45, 2.75) is 12.8 Å². The van der Waals surface area contributed by atoms with Crippen LogP contribution in [-0.4, -0.2) is 5.11 Å². The van der Waals surface area contributed by atoms with Crippen molar-refractivity contribution in [1.82, 2.24) is 0 Å². The molecule has 102 valence electrons. The molecule has 2 heteroatoms. The quantitative estimate of drug-likeness (QED) is 0.631. The first-order valence-corrected chi connectivity index (χ1v) is 6.58. The highest BCUT2D eigenvalue weighted by Crippen LogP contribution is 2.32. The molecule has 0 atom stereocenters. The highest BCUT2D eigenvalue weighted by molar-refractivity contribution is 5.73. The molecule has 2 nitrogen and oxygen atoms in total. The Labute approximate surface area is 119 Å². The van der Waals surface area contributed by atoms with Gasteiger partial charge in [-0.3, -0.25) is 0 Å². The second-order valence-electron chi connectivity index (χ2n) is 4.75. The van der Waals surface area contributed by atoms with Crippen molar-refractivity contribution in [3.05, 3.63) is 72.8 Å². The number of benzene rings is 2. The Morgan fingerprint density at radius 1 is 1.00 bits per heavy atom. The molecule has 0 aromatic heterocycles. The minimum Gasteiger partial charge on any atom is -0.507 e. The molecule has 0 saturated heterocycles. The lowest BCUT2D eigenvalue weighted by Gasteiger charge is -2.10. The van der Waals surface area contributed by atoms with Gasteiger partial charge in [-0.25, -0.2) is 0 Å². The maximum absolute atomic E-state index is 10.1. The number of rotatable bonds is 5. The van der Waals surface area contributed by atoms with Crippen LogP contribution in [0.4, 0.5) is 5.69 Å². The van der Waals surface area contributed by atoms with Gasteiger partial charge in [-0.15, -0.1) is 13.2 Å². The number of hydrogen-bond donors (Lipinski definition) is 2. The van der Waals surface area contributed by atoms with Crippen LogP contribution in [0.15, 0.2) is 61.7 Å². The first-order valence-electron chi connectivity index (χ1n) is 6.58. The smallest absolute Gasteiger partial charge is 0.123 e. The lowest BCUT2D eigenvalue weighted by atomic mass is 9.97. The lowest BCUT2D eigenvalue weighted by molar-refractivity contribution is 0.477. The summed E-state index contributed by atoms with van der Waals surface area (Å²) in [6.45, 7) is 7.48. The topological polar surface area (TPSA) is 46.2 Å². The van der Waals surface area contributed by atoms with Gasteiger partial charge in [-0.1, -0.05) is 24.3 Å². The van der Waals surface area contributed by atoms with Gasteiger partial charge in [0, 0.05) is 11.3 Å². The first-order chi connectivity index (χ1) is 9.65. The average molecular weight is 265 g/mol. The third-order valence-corrected chi connectivity index (χ3v) is 3.26. The highest BCUT2D eigenvalue weighted by atomic mass is 16.3. The Kier molecular flexibility index (Phi) is 4.26. The van der Waals surface area contributed by atoms with Crippen molar-refractivity contribution in [2.75, 3.05) is 5.73 Å². The minimum absolute atomic E-state index is 0.270. The molecular weight excluding hydrogens is 246 g/mol. The fourth-order valence-electron chi connectivity index (χ4n) is 2.21. The molecular formula is C18H19NO. The van der Waals surface area contributed by atoms with Crippen LogP contribution >= 0.6 is 0 Å². The fourth-order valence-corrected chi connectivity index (χ4v) is 2.21. The van der Waals surface area contributed by atoms with Gasteiger partial charge in [0.1, 0.15) is 5.75 Å². The van der Waals surface area contributed by atoms with E-state index in [1.54, 1.807) is 6.07 Å². The van der Waals surface area contributed by atoms with E-state index in [-0.39, 0.29) is 5.75 Å². The summed E-state index contributed by atoms with van der Waals surface area (Å²) in [6, 6.07) is 11.4. The number of aromatic hydroxyl groups is 1. The Bertz CT molecular complexity index is 644. The van der Waals surface area contributed by atoms with Crippen molar-refractivity contribution in [3.8, 4) is 16.9 Å². The predicted molar refractivity (Wildman–Crippen MR) is 85.8 cm³/mol. The van der Waals surface area contributed by atoms with E-state index in [0.717, 1.165) is 34.4 Å². The van der Waals surface area contributed by atoms with Gasteiger partial charge in [0.2, 0.25) is 0 Å². The summed E-state index contributed by atoms with van der Waals surface area (Å²) in [6.07, 6.45) is 5.17. The molecule has 0 unspecified atom stereocenters. The number of phenolic OH excluding ortho intramolecular Hbond substituents is 1. The maximum atomic E-state index is 10.1. The van der Waals surface area contributed by atoms with Crippen molar-refractivity contribution in [2.24, 2.45) is 0 Å². The zero-order valence-corrected chi connectivity index (χ0v) is 11.5. The van der Waals surface area contributed by atoms with Crippen LogP contribution in [0.3, 0.4) is 0 Å². The molecule has 2 aromatic rings. The maximum Gasteiger partial charge on any atom is 0.123 e. The number of hydrogen-bond acceptors (Lipinski definition) is 2. The largest absolute Gasteiger partial charge is 0.507 e. The number of nitrogens with two attached hydrogens (primary N) is 1. The van der Waals surface area contributed by atoms with E-state index in [4.69, 9.17) is 5.73 Å². The average Bonchev–Trinajstić information content (AvgIpc) is 2.44. The molecule has 20 heavy (non-hydrogen) atoms. The van der Waals surface area contributed by atoms with E-state index in [0.29, 0.717) is 6.42 Å². The van der Waals surface area contributed by atoms with Gasteiger partial charge in [0.25, 0.3) is 0 Å². The number of phenols is 1. The number of anilines is 1. The van der Waals surface area contributed by atoms with Crippen molar-refractivity contribution in [1.29, 1.82) is 0 Å². The normalized spacial score (nSPS) is 10.2. The monoisotopic (exact) mass is 265 g/mol. The van der Waals surface area contributed by atoms with E-state index in [2.05, 4.69) is 13.2 Å². The van der Waals surface area contributed by atoms with Gasteiger partial charge < -0.3 is 10.8 Å². The van der Waals surface area contributed by atoms with Gasteiger partial charge in [0.15, 0.2) is 0 Å². The molecule has 0 fully saturated rings. The van der Waals surface area contributed by atoms with E-state index in [1.165, 1.54) is 0 Å². The second-order valence-corrected chi connectivity index (χ2v) is 4.75. The minimum atomic E-state index is 0.270. The molecule has 0 aliphatic rings. The third-order valence-electron chi connectivity index (χ3n) is 3.26. The molecule has 3 N–H and O–H groups in total. The SMILES string of the molecule is C=CCc1ccc(O)c(-c2ccc(N)c(CC=C)c2)c1. The van der Waals surface area contributed by atoms with Crippen molar-refractivity contribution in [3.63, 3.8) is 0 Å². The van der Waals surface area contributed by atoms with Crippen LogP contribution in [0.1, 0.15) is 11.1 Å². The summed E-state index contributed by atoms with van der Waals surface area (Å²) in [5.74, 6) is 0.270. The van der Waals surface area contributed by atoms with E-state index in [1.807, 2.05) is 42.5 Å². The second kappa shape index (κ2) is 6.11. The van der Waals surface area contributed by atoms with Gasteiger partial charge in [-0.2, -0.15) is 0 Å². The Hall–Kier alpha value is -2.48. The number of allylic oxidation sites excluding steroid dienone is 2. The molecule has 0 aliphatic heterocycles. The lowest BCUT2D eigenvalue weighted by Crippen LogP contribution is -1.94. The standard InChI is InChI=1S/C18H19NO/c1-3-5-13-7-10-18(20)16(11-13)14-8-9-17(19)15(12-14)6-4-2/h3-4,7-12,20H,1-2,5-6,19H2. The third kappa shape index (κ3) is 2.91. The molecule has 2 rings (SSSR count). The Balaban J connectivity index is 2.49. The molecule has 0 bridgehead atoms. The van der Waals surface area contributed by atoms with Crippen LogP contribution in [0.25, 0.3) is 11.1 Å². The summed E-state index contributed by atoms with van der Waals surface area (Å²) >= 11 is 0. The van der Waals surface area contributed by atoms with Crippen LogP contribution in [0.5, 0.6) is 5.75 Å². The van der Waals surface area contributed by atoms with Crippen molar-refractivity contribution < 1.29 is 5.11 Å². The van der Waals surface area contributed by atoms with Crippen LogP contribution in [0.2, 0.25) is 0 Å². The number of nitrogen functional groups attached to an aromatic ring is 1. The van der Waals surface area contributed by atoms with Crippen LogP contribution in [0, 0.1) is 0 Å². The molecule has 0 spiro atoms. The summed E-state index contributed by atoms with van der Waals surface area (Å²) in [4.78, 5) is 0. The molecule has 0 saturated carbocycles. The van der Waals surface area contributed by atoms with Gasteiger partial charge in [-0.05, 0) is 53.8 Å². The zero-order valence-electron chi connectivity index (χ0n) is 11.5. The predicted octanol–water partition coefficient (Wildman–Crippen LogP) is 4.10. The van der Waals surface area contributed by atoms with Crippen LogP contribution in [-0.2, 0) is 12.8 Å². The molecule has 0 aliphatic carbocycles. The Morgan fingerprint density at radius 3 is 2.45 bits per heavy atom. The molecule has 2 aromatic carbocycles. The van der Waals surface area contributed by atoms with E-state index in [9.17, 15) is 5.11 Å². The van der Waals surface area contributed by atoms with Gasteiger partial charge in [0.05, 0.1) is 0 Å². The molecule has 0 amide bonds. The summed E-state index contributed by atoms with van der Waals surface area (Å²) in [5.41, 5.74) is 10.6. The highest BCUT2D eigenvalue weighted by Gasteiger charge is 2.07. The van der Waals surface area contributed by atoms with E-state index < -0.39 is 0 Å². The Morgan fingerprint density at radius 2 is 1.75 bits per heavy atom. The van der Waals surface area contributed by atoms with E-state index >= 15 is 0 Å².